The van der Waals surface area contributed by atoms with Gasteiger partial charge in [-0.3, -0.25) is 4.79 Å². The highest BCUT2D eigenvalue weighted by molar-refractivity contribution is 6.31. The number of methoxy groups -OCH3 is 1. The lowest BCUT2D eigenvalue weighted by atomic mass is 10.0. The minimum Gasteiger partial charge on any atom is -0.481 e. The van der Waals surface area contributed by atoms with Crippen molar-refractivity contribution >= 4 is 23.3 Å². The average Bonchev–Trinajstić information content (AvgIpc) is 3.27. The van der Waals surface area contributed by atoms with Crippen LogP contribution in [0.15, 0.2) is 42.9 Å². The molecule has 1 N–H and O–H groups in total. The second kappa shape index (κ2) is 9.48. The van der Waals surface area contributed by atoms with Crippen LogP contribution < -0.4 is 10.1 Å². The fourth-order valence-corrected chi connectivity index (χ4v) is 4.15. The van der Waals surface area contributed by atoms with E-state index in [1.165, 1.54) is 6.20 Å². The molecular weight excluding hydrogens is 428 g/mol. The summed E-state index contributed by atoms with van der Waals surface area (Å²) in [6, 6.07) is 7.53. The highest BCUT2D eigenvalue weighted by Crippen LogP contribution is 2.29. The number of pyridine rings is 2. The van der Waals surface area contributed by atoms with Gasteiger partial charge in [0.25, 0.3) is 0 Å². The van der Waals surface area contributed by atoms with Crippen molar-refractivity contribution in [2.45, 2.75) is 32.2 Å². The Morgan fingerprint density at radius 3 is 2.78 bits per heavy atom. The van der Waals surface area contributed by atoms with E-state index in [0.717, 1.165) is 29.1 Å². The molecule has 0 bridgehead atoms. The summed E-state index contributed by atoms with van der Waals surface area (Å²) in [6.45, 7) is 5.08. The van der Waals surface area contributed by atoms with Crippen LogP contribution in [0.2, 0.25) is 5.02 Å². The molecule has 1 aliphatic heterocycles. The molecule has 32 heavy (non-hydrogen) atoms. The quantitative estimate of drug-likeness (QED) is 0.609. The van der Waals surface area contributed by atoms with Crippen LogP contribution in [0.5, 0.6) is 5.88 Å². The maximum Gasteiger partial charge on any atom is 0.229 e. The fourth-order valence-electron chi connectivity index (χ4n) is 3.89. The van der Waals surface area contributed by atoms with Crippen molar-refractivity contribution in [3.8, 4) is 17.3 Å². The molecule has 1 amide bonds. The Kier molecular flexibility index (Phi) is 6.50. The Hall–Kier alpha value is -3.26. The number of anilines is 1. The molecule has 0 saturated carbocycles. The summed E-state index contributed by atoms with van der Waals surface area (Å²) >= 11 is 6.29. The Balaban J connectivity index is 1.40. The molecule has 0 spiro atoms. The van der Waals surface area contributed by atoms with Gasteiger partial charge in [0, 0.05) is 49.4 Å². The summed E-state index contributed by atoms with van der Waals surface area (Å²) in [4.78, 5) is 32.3. The molecule has 2 atom stereocenters. The van der Waals surface area contributed by atoms with E-state index in [9.17, 15) is 4.79 Å². The van der Waals surface area contributed by atoms with E-state index in [-0.39, 0.29) is 17.9 Å². The van der Waals surface area contributed by atoms with Crippen LogP contribution in [0.25, 0.3) is 11.4 Å². The summed E-state index contributed by atoms with van der Waals surface area (Å²) in [6.07, 6.45) is 5.80. The van der Waals surface area contributed by atoms with Crippen LogP contribution in [0.3, 0.4) is 0 Å². The predicted molar refractivity (Wildman–Crippen MR) is 123 cm³/mol. The Morgan fingerprint density at radius 2 is 2.06 bits per heavy atom. The number of amides is 1. The number of carbonyl (C=O) groups is 1. The molecule has 1 fully saturated rings. The SMILES string of the molecule is COc1cc(C(C)C(=O)N2CC[C@H](Nc3ccc(-c4ncccn4)c(C)n3)C2)c(Cl)cn1. The van der Waals surface area contributed by atoms with Crippen molar-refractivity contribution < 1.29 is 9.53 Å². The van der Waals surface area contributed by atoms with Gasteiger partial charge in [0.1, 0.15) is 5.82 Å². The van der Waals surface area contributed by atoms with Gasteiger partial charge in [0.15, 0.2) is 5.82 Å². The maximum atomic E-state index is 13.1. The topological polar surface area (TPSA) is 93.1 Å². The molecule has 4 rings (SSSR count). The molecule has 3 aromatic rings. The largest absolute Gasteiger partial charge is 0.481 e. The summed E-state index contributed by atoms with van der Waals surface area (Å²) in [5.41, 5.74) is 2.47. The molecule has 1 saturated heterocycles. The van der Waals surface area contributed by atoms with Gasteiger partial charge in [-0.05, 0) is 44.0 Å². The van der Waals surface area contributed by atoms with Gasteiger partial charge in [-0.25, -0.2) is 19.9 Å². The molecular formula is C23H25ClN6O2. The summed E-state index contributed by atoms with van der Waals surface area (Å²) in [7, 11) is 1.54. The van der Waals surface area contributed by atoms with E-state index in [2.05, 4.69) is 25.3 Å². The van der Waals surface area contributed by atoms with Crippen LogP contribution >= 0.6 is 11.6 Å². The first-order valence-electron chi connectivity index (χ1n) is 10.5. The Morgan fingerprint density at radius 1 is 1.28 bits per heavy atom. The molecule has 9 heteroatoms. The number of hydrogen-bond donors (Lipinski definition) is 1. The number of aromatic nitrogens is 4. The third kappa shape index (κ3) is 4.65. The average molecular weight is 453 g/mol. The second-order valence-corrected chi connectivity index (χ2v) is 8.19. The highest BCUT2D eigenvalue weighted by atomic mass is 35.5. The number of halogens is 1. The van der Waals surface area contributed by atoms with E-state index >= 15 is 0 Å². The van der Waals surface area contributed by atoms with E-state index in [0.29, 0.717) is 29.8 Å². The number of nitrogens with zero attached hydrogens (tertiary/aromatic N) is 5. The first-order chi connectivity index (χ1) is 15.5. The van der Waals surface area contributed by atoms with Crippen LogP contribution in [0.1, 0.15) is 30.5 Å². The lowest BCUT2D eigenvalue weighted by molar-refractivity contribution is -0.131. The Labute approximate surface area is 192 Å². The van der Waals surface area contributed by atoms with Crippen LogP contribution in [0.4, 0.5) is 5.82 Å². The van der Waals surface area contributed by atoms with Crippen molar-refractivity contribution in [1.29, 1.82) is 0 Å². The third-order valence-electron chi connectivity index (χ3n) is 5.65. The predicted octanol–water partition coefficient (Wildman–Crippen LogP) is 3.72. The maximum absolute atomic E-state index is 13.1. The normalized spacial score (nSPS) is 16.6. The van der Waals surface area contributed by atoms with E-state index in [1.807, 2.05) is 30.9 Å². The van der Waals surface area contributed by atoms with E-state index in [4.69, 9.17) is 16.3 Å². The zero-order valence-corrected chi connectivity index (χ0v) is 19.0. The minimum atomic E-state index is -0.385. The van der Waals surface area contributed by atoms with Gasteiger partial charge < -0.3 is 15.0 Å². The van der Waals surface area contributed by atoms with Gasteiger partial charge in [0.2, 0.25) is 11.8 Å². The number of likely N-dealkylation sites (tertiary alicyclic amines) is 1. The van der Waals surface area contributed by atoms with Crippen molar-refractivity contribution in [3.05, 3.63) is 59.1 Å². The number of aryl methyl sites for hydroxylation is 1. The van der Waals surface area contributed by atoms with Crippen LogP contribution in [-0.2, 0) is 4.79 Å². The molecule has 0 aliphatic carbocycles. The van der Waals surface area contributed by atoms with E-state index < -0.39 is 0 Å². The first kappa shape index (κ1) is 22.0. The van der Waals surface area contributed by atoms with Crippen LogP contribution in [0, 0.1) is 6.92 Å². The number of rotatable bonds is 6. The monoisotopic (exact) mass is 452 g/mol. The molecule has 8 nitrogen and oxygen atoms in total. The van der Waals surface area contributed by atoms with Crippen molar-refractivity contribution in [1.82, 2.24) is 24.8 Å². The van der Waals surface area contributed by atoms with Gasteiger partial charge in [-0.15, -0.1) is 0 Å². The van der Waals surface area contributed by atoms with E-state index in [1.54, 1.807) is 31.6 Å². The summed E-state index contributed by atoms with van der Waals surface area (Å²) < 4.78 is 5.18. The zero-order chi connectivity index (χ0) is 22.7. The standard InChI is InChI=1S/C23H25ClN6O2/c1-14(18-11-21(32-3)27-12-19(18)24)23(31)30-10-7-16(13-30)29-20-6-5-17(15(2)28-20)22-25-8-4-9-26-22/h4-6,8-9,11-12,14,16H,7,10,13H2,1-3H3,(H,28,29)/t14?,16-/m0/s1. The van der Waals surface area contributed by atoms with Gasteiger partial charge >= 0.3 is 0 Å². The lowest BCUT2D eigenvalue weighted by Crippen LogP contribution is -2.34. The molecule has 166 valence electrons. The molecule has 3 aromatic heterocycles. The fraction of sp³-hybridized carbons (Fsp3) is 0.348. The third-order valence-corrected chi connectivity index (χ3v) is 5.97. The molecule has 0 radical (unpaired) electrons. The Bertz CT molecular complexity index is 1110. The first-order valence-corrected chi connectivity index (χ1v) is 10.8. The van der Waals surface area contributed by atoms with Crippen molar-refractivity contribution in [3.63, 3.8) is 0 Å². The summed E-state index contributed by atoms with van der Waals surface area (Å²) in [5.74, 6) is 1.52. The zero-order valence-electron chi connectivity index (χ0n) is 18.2. The molecule has 1 aliphatic rings. The number of nitrogens with one attached hydrogen (secondary N) is 1. The second-order valence-electron chi connectivity index (χ2n) is 7.79. The summed E-state index contributed by atoms with van der Waals surface area (Å²) in [5, 5.41) is 3.91. The van der Waals surface area contributed by atoms with Gasteiger partial charge in [-0.2, -0.15) is 0 Å². The van der Waals surface area contributed by atoms with Crippen molar-refractivity contribution in [2.24, 2.45) is 0 Å². The number of carbonyl (C=O) groups excluding carboxylic acids is 1. The lowest BCUT2D eigenvalue weighted by Gasteiger charge is -2.22. The molecule has 0 aromatic carbocycles. The molecule has 1 unspecified atom stereocenters. The molecule has 4 heterocycles. The minimum absolute atomic E-state index is 0.0326. The number of hydrogen-bond acceptors (Lipinski definition) is 7. The van der Waals surface area contributed by atoms with Gasteiger partial charge in [-0.1, -0.05) is 11.6 Å². The van der Waals surface area contributed by atoms with Crippen molar-refractivity contribution in [2.75, 3.05) is 25.5 Å². The number of ether oxygens (including phenoxy) is 1. The smallest absolute Gasteiger partial charge is 0.229 e. The van der Waals surface area contributed by atoms with Crippen LogP contribution in [-0.4, -0.2) is 57.0 Å². The van der Waals surface area contributed by atoms with Gasteiger partial charge in [0.05, 0.1) is 23.7 Å². The highest BCUT2D eigenvalue weighted by Gasteiger charge is 2.31.